The summed E-state index contributed by atoms with van der Waals surface area (Å²) in [5.41, 5.74) is 2.11. The van der Waals surface area contributed by atoms with Gasteiger partial charge in [0.15, 0.2) is 0 Å². The predicted molar refractivity (Wildman–Crippen MR) is 49.5 cm³/mol. The van der Waals surface area contributed by atoms with E-state index in [1.54, 1.807) is 6.92 Å². The molecule has 1 rings (SSSR count). The van der Waals surface area contributed by atoms with Crippen LogP contribution in [-0.2, 0) is 0 Å². The van der Waals surface area contributed by atoms with Gasteiger partial charge in [-0.05, 0) is 25.0 Å². The third-order valence-corrected chi connectivity index (χ3v) is 2.76. The lowest BCUT2D eigenvalue weighted by molar-refractivity contribution is 0.198. The van der Waals surface area contributed by atoms with Gasteiger partial charge >= 0.3 is 0 Å². The molecule has 1 N–H and O–H groups in total. The first-order valence-electron chi connectivity index (χ1n) is 3.56. The zero-order valence-electron chi connectivity index (χ0n) is 6.63. The van der Waals surface area contributed by atoms with Gasteiger partial charge in [-0.1, -0.05) is 34.1 Å². The largest absolute Gasteiger partial charge is 0.389 e. The fourth-order valence-corrected chi connectivity index (χ4v) is 1.59. The minimum Gasteiger partial charge on any atom is -0.389 e. The van der Waals surface area contributed by atoms with Crippen LogP contribution in [-0.4, -0.2) is 5.11 Å². The van der Waals surface area contributed by atoms with Crippen LogP contribution in [0.5, 0.6) is 0 Å². The van der Waals surface area contributed by atoms with Gasteiger partial charge in [-0.2, -0.15) is 0 Å². The van der Waals surface area contributed by atoms with Crippen LogP contribution in [0.25, 0.3) is 0 Å². The Balaban J connectivity index is 3.17. The summed E-state index contributed by atoms with van der Waals surface area (Å²) in [6.07, 6.45) is -0.399. The standard InChI is InChI=1S/C9H11BrO/c1-6-4-3-5-8(7(2)11)9(6)10/h3-5,7,11H,1-2H3/t7-/m0/s1. The zero-order valence-corrected chi connectivity index (χ0v) is 8.22. The lowest BCUT2D eigenvalue weighted by Crippen LogP contribution is -1.93. The first-order valence-corrected chi connectivity index (χ1v) is 4.35. The summed E-state index contributed by atoms with van der Waals surface area (Å²) < 4.78 is 1.01. The summed E-state index contributed by atoms with van der Waals surface area (Å²) in [6, 6.07) is 5.87. The molecule has 1 aromatic carbocycles. The van der Waals surface area contributed by atoms with E-state index in [4.69, 9.17) is 0 Å². The quantitative estimate of drug-likeness (QED) is 0.763. The number of halogens is 1. The molecule has 1 aromatic rings. The number of aliphatic hydroxyl groups is 1. The monoisotopic (exact) mass is 214 g/mol. The number of benzene rings is 1. The molecule has 0 aromatic heterocycles. The maximum atomic E-state index is 9.30. The average molecular weight is 215 g/mol. The normalized spacial score (nSPS) is 13.1. The second-order valence-corrected chi connectivity index (χ2v) is 3.45. The lowest BCUT2D eigenvalue weighted by Gasteiger charge is -2.08. The highest BCUT2D eigenvalue weighted by Gasteiger charge is 2.06. The van der Waals surface area contributed by atoms with E-state index in [2.05, 4.69) is 15.9 Å². The van der Waals surface area contributed by atoms with Gasteiger partial charge in [-0.3, -0.25) is 0 Å². The zero-order chi connectivity index (χ0) is 8.43. The van der Waals surface area contributed by atoms with Crippen molar-refractivity contribution in [3.63, 3.8) is 0 Å². The van der Waals surface area contributed by atoms with Gasteiger partial charge in [0.25, 0.3) is 0 Å². The van der Waals surface area contributed by atoms with Crippen LogP contribution < -0.4 is 0 Å². The van der Waals surface area contributed by atoms with Gasteiger partial charge in [0, 0.05) is 4.47 Å². The Bertz CT molecular complexity index is 256. The minimum atomic E-state index is -0.399. The summed E-state index contributed by atoms with van der Waals surface area (Å²) >= 11 is 3.42. The van der Waals surface area contributed by atoms with Crippen molar-refractivity contribution in [3.8, 4) is 0 Å². The first-order chi connectivity index (χ1) is 5.13. The van der Waals surface area contributed by atoms with Crippen LogP contribution in [0.4, 0.5) is 0 Å². The molecule has 2 heteroatoms. The van der Waals surface area contributed by atoms with Crippen molar-refractivity contribution in [2.24, 2.45) is 0 Å². The third-order valence-electron chi connectivity index (χ3n) is 1.67. The SMILES string of the molecule is Cc1cccc([C@H](C)O)c1Br. The van der Waals surface area contributed by atoms with Crippen LogP contribution in [0.2, 0.25) is 0 Å². The number of rotatable bonds is 1. The maximum absolute atomic E-state index is 9.30. The van der Waals surface area contributed by atoms with E-state index in [0.29, 0.717) is 0 Å². The molecule has 0 fully saturated rings. The van der Waals surface area contributed by atoms with E-state index in [0.717, 1.165) is 15.6 Å². The molecule has 0 unspecified atom stereocenters. The van der Waals surface area contributed by atoms with Gasteiger partial charge in [0.2, 0.25) is 0 Å². The molecule has 0 bridgehead atoms. The molecule has 0 heterocycles. The van der Waals surface area contributed by atoms with Crippen molar-refractivity contribution in [3.05, 3.63) is 33.8 Å². The van der Waals surface area contributed by atoms with Gasteiger partial charge < -0.3 is 5.11 Å². The highest BCUT2D eigenvalue weighted by Crippen LogP contribution is 2.25. The van der Waals surface area contributed by atoms with Crippen LogP contribution in [0.3, 0.4) is 0 Å². The Labute approximate surface area is 75.2 Å². The first kappa shape index (κ1) is 8.75. The molecule has 0 amide bonds. The molecule has 0 aliphatic rings. The predicted octanol–water partition coefficient (Wildman–Crippen LogP) is 2.81. The molecular weight excluding hydrogens is 204 g/mol. The molecule has 0 aliphatic carbocycles. The molecule has 11 heavy (non-hydrogen) atoms. The number of hydrogen-bond acceptors (Lipinski definition) is 1. The Hall–Kier alpha value is -0.340. The van der Waals surface area contributed by atoms with E-state index < -0.39 is 6.10 Å². The van der Waals surface area contributed by atoms with Crippen LogP contribution >= 0.6 is 15.9 Å². The molecular formula is C9H11BrO. The molecule has 1 atom stereocenters. The summed E-state index contributed by atoms with van der Waals surface area (Å²) in [5, 5.41) is 9.30. The van der Waals surface area contributed by atoms with E-state index in [1.165, 1.54) is 0 Å². The molecule has 0 saturated carbocycles. The Morgan fingerprint density at radius 2 is 2.09 bits per heavy atom. The number of hydrogen-bond donors (Lipinski definition) is 1. The Morgan fingerprint density at radius 1 is 1.45 bits per heavy atom. The molecule has 0 saturated heterocycles. The average Bonchev–Trinajstić information content (AvgIpc) is 1.94. The highest BCUT2D eigenvalue weighted by molar-refractivity contribution is 9.10. The van der Waals surface area contributed by atoms with Gasteiger partial charge in [0.05, 0.1) is 6.10 Å². The topological polar surface area (TPSA) is 20.2 Å². The Morgan fingerprint density at radius 3 is 2.55 bits per heavy atom. The highest BCUT2D eigenvalue weighted by atomic mass is 79.9. The van der Waals surface area contributed by atoms with E-state index in [9.17, 15) is 5.11 Å². The summed E-state index contributed by atoms with van der Waals surface area (Å²) in [4.78, 5) is 0. The molecule has 0 spiro atoms. The number of aliphatic hydroxyl groups excluding tert-OH is 1. The van der Waals surface area contributed by atoms with E-state index >= 15 is 0 Å². The minimum absolute atomic E-state index is 0.399. The maximum Gasteiger partial charge on any atom is 0.0772 e. The van der Waals surface area contributed by atoms with Crippen molar-refractivity contribution in [2.75, 3.05) is 0 Å². The molecule has 0 aliphatic heterocycles. The van der Waals surface area contributed by atoms with Gasteiger partial charge in [0.1, 0.15) is 0 Å². The summed E-state index contributed by atoms with van der Waals surface area (Å²) in [7, 11) is 0. The number of aryl methyl sites for hydroxylation is 1. The lowest BCUT2D eigenvalue weighted by atomic mass is 10.1. The van der Waals surface area contributed by atoms with Crippen molar-refractivity contribution < 1.29 is 5.11 Å². The summed E-state index contributed by atoms with van der Waals surface area (Å²) in [5.74, 6) is 0. The second-order valence-electron chi connectivity index (χ2n) is 2.65. The van der Waals surface area contributed by atoms with Crippen LogP contribution in [0.15, 0.2) is 22.7 Å². The Kier molecular flexibility index (Phi) is 2.68. The van der Waals surface area contributed by atoms with Crippen molar-refractivity contribution in [1.82, 2.24) is 0 Å². The van der Waals surface area contributed by atoms with E-state index in [1.807, 2.05) is 25.1 Å². The molecule has 60 valence electrons. The van der Waals surface area contributed by atoms with E-state index in [-0.39, 0.29) is 0 Å². The summed E-state index contributed by atoms with van der Waals surface area (Å²) in [6.45, 7) is 3.77. The smallest absolute Gasteiger partial charge is 0.0772 e. The third kappa shape index (κ3) is 1.82. The van der Waals surface area contributed by atoms with Crippen LogP contribution in [0.1, 0.15) is 24.2 Å². The fourth-order valence-electron chi connectivity index (χ4n) is 0.993. The second kappa shape index (κ2) is 3.37. The van der Waals surface area contributed by atoms with Crippen LogP contribution in [0, 0.1) is 6.92 Å². The molecule has 1 nitrogen and oxygen atoms in total. The fraction of sp³-hybridized carbons (Fsp3) is 0.333. The van der Waals surface area contributed by atoms with Gasteiger partial charge in [-0.25, -0.2) is 0 Å². The van der Waals surface area contributed by atoms with Gasteiger partial charge in [-0.15, -0.1) is 0 Å². The van der Waals surface area contributed by atoms with Crippen molar-refractivity contribution >= 4 is 15.9 Å². The van der Waals surface area contributed by atoms with Crippen molar-refractivity contribution in [1.29, 1.82) is 0 Å². The molecule has 0 radical (unpaired) electrons. The van der Waals surface area contributed by atoms with Crippen molar-refractivity contribution in [2.45, 2.75) is 20.0 Å².